The SMILES string of the molecule is Cc1cc2oc3cc(F)c(-c4ccccc4)cc3c2cc1-c1cccc[n+]1C. The molecule has 5 aromatic rings. The largest absolute Gasteiger partial charge is 0.456 e. The molecule has 2 aromatic heterocycles. The van der Waals surface area contributed by atoms with Gasteiger partial charge in [0.25, 0.3) is 0 Å². The average Bonchev–Trinajstić information content (AvgIpc) is 3.03. The molecule has 0 saturated heterocycles. The van der Waals surface area contributed by atoms with E-state index in [9.17, 15) is 4.39 Å². The van der Waals surface area contributed by atoms with E-state index in [0.717, 1.165) is 38.7 Å². The third kappa shape index (κ3) is 2.59. The van der Waals surface area contributed by atoms with E-state index in [1.54, 1.807) is 0 Å². The molecule has 0 fully saturated rings. The molecule has 0 amide bonds. The molecule has 0 aliphatic carbocycles. The molecule has 2 nitrogen and oxygen atoms in total. The number of halogens is 1. The topological polar surface area (TPSA) is 17.0 Å². The summed E-state index contributed by atoms with van der Waals surface area (Å²) in [5.74, 6) is -0.274. The predicted molar refractivity (Wildman–Crippen MR) is 110 cm³/mol. The first-order valence-corrected chi connectivity index (χ1v) is 9.29. The van der Waals surface area contributed by atoms with Crippen LogP contribution in [0.4, 0.5) is 4.39 Å². The van der Waals surface area contributed by atoms with Gasteiger partial charge >= 0.3 is 0 Å². The van der Waals surface area contributed by atoms with Gasteiger partial charge in [0.05, 0.1) is 0 Å². The molecule has 3 aromatic carbocycles. The lowest BCUT2D eigenvalue weighted by atomic mass is 9.99. The van der Waals surface area contributed by atoms with Crippen LogP contribution in [-0.4, -0.2) is 0 Å². The monoisotopic (exact) mass is 368 g/mol. The molecule has 0 aliphatic rings. The zero-order valence-electron chi connectivity index (χ0n) is 15.7. The summed E-state index contributed by atoms with van der Waals surface area (Å²) in [4.78, 5) is 0. The number of fused-ring (bicyclic) bond motifs is 3. The van der Waals surface area contributed by atoms with Crippen LogP contribution in [0.5, 0.6) is 0 Å². The van der Waals surface area contributed by atoms with E-state index in [4.69, 9.17) is 4.42 Å². The Bertz CT molecular complexity index is 1340. The molecule has 136 valence electrons. The second-order valence-corrected chi connectivity index (χ2v) is 7.16. The molecule has 0 aliphatic heterocycles. The first kappa shape index (κ1) is 16.7. The highest BCUT2D eigenvalue weighted by atomic mass is 19.1. The van der Waals surface area contributed by atoms with Gasteiger partial charge < -0.3 is 4.42 Å². The summed E-state index contributed by atoms with van der Waals surface area (Å²) in [5, 5.41) is 1.92. The predicted octanol–water partition coefficient (Wildman–Crippen LogP) is 6.19. The lowest BCUT2D eigenvalue weighted by Crippen LogP contribution is -2.30. The van der Waals surface area contributed by atoms with Crippen molar-refractivity contribution in [3.8, 4) is 22.4 Å². The molecule has 0 saturated carbocycles. The van der Waals surface area contributed by atoms with Gasteiger partial charge in [-0.25, -0.2) is 8.96 Å². The van der Waals surface area contributed by atoms with Gasteiger partial charge in [0.2, 0.25) is 5.69 Å². The molecule has 0 N–H and O–H groups in total. The Morgan fingerprint density at radius 2 is 1.46 bits per heavy atom. The number of rotatable bonds is 2. The van der Waals surface area contributed by atoms with Crippen molar-refractivity contribution in [2.45, 2.75) is 6.92 Å². The number of hydrogen-bond acceptors (Lipinski definition) is 1. The number of hydrogen-bond donors (Lipinski definition) is 0. The second kappa shape index (κ2) is 6.31. The van der Waals surface area contributed by atoms with Crippen molar-refractivity contribution in [1.29, 1.82) is 0 Å². The van der Waals surface area contributed by atoms with E-state index in [0.29, 0.717) is 11.1 Å². The first-order valence-electron chi connectivity index (χ1n) is 9.29. The van der Waals surface area contributed by atoms with Crippen LogP contribution < -0.4 is 4.57 Å². The Hall–Kier alpha value is -3.46. The minimum atomic E-state index is -0.274. The Morgan fingerprint density at radius 1 is 0.786 bits per heavy atom. The van der Waals surface area contributed by atoms with Crippen LogP contribution in [0.3, 0.4) is 0 Å². The Kier molecular flexibility index (Phi) is 3.76. The third-order valence-electron chi connectivity index (χ3n) is 5.32. The van der Waals surface area contributed by atoms with Crippen molar-refractivity contribution in [3.63, 3.8) is 0 Å². The summed E-state index contributed by atoms with van der Waals surface area (Å²) in [6.07, 6.45) is 2.04. The van der Waals surface area contributed by atoms with Gasteiger partial charge in [-0.3, -0.25) is 0 Å². The van der Waals surface area contributed by atoms with E-state index in [1.807, 2.05) is 67.8 Å². The lowest BCUT2D eigenvalue weighted by molar-refractivity contribution is -0.660. The molecule has 3 heteroatoms. The Labute approximate surface area is 162 Å². The van der Waals surface area contributed by atoms with Gasteiger partial charge in [0, 0.05) is 40.1 Å². The van der Waals surface area contributed by atoms with Crippen LogP contribution in [0.15, 0.2) is 83.4 Å². The van der Waals surface area contributed by atoms with Crippen molar-refractivity contribution < 1.29 is 13.4 Å². The number of aromatic nitrogens is 1. The number of aryl methyl sites for hydroxylation is 2. The fraction of sp³-hybridized carbons (Fsp3) is 0.0800. The minimum absolute atomic E-state index is 0.274. The van der Waals surface area contributed by atoms with Crippen molar-refractivity contribution in [3.05, 3.63) is 90.4 Å². The van der Waals surface area contributed by atoms with Crippen molar-refractivity contribution in [2.75, 3.05) is 0 Å². The number of nitrogens with zero attached hydrogens (tertiary/aromatic N) is 1. The summed E-state index contributed by atoms with van der Waals surface area (Å²) in [6.45, 7) is 2.07. The van der Waals surface area contributed by atoms with Crippen LogP contribution in [0, 0.1) is 12.7 Å². The quantitative estimate of drug-likeness (QED) is 0.339. The third-order valence-corrected chi connectivity index (χ3v) is 5.32. The molecule has 0 bridgehead atoms. The van der Waals surface area contributed by atoms with Crippen molar-refractivity contribution >= 4 is 21.9 Å². The normalized spacial score (nSPS) is 11.4. The molecule has 0 atom stereocenters. The molecule has 0 unspecified atom stereocenters. The Balaban J connectivity index is 1.80. The van der Waals surface area contributed by atoms with E-state index >= 15 is 0 Å². The molecular weight excluding hydrogens is 349 g/mol. The van der Waals surface area contributed by atoms with Gasteiger partial charge in [-0.15, -0.1) is 0 Å². The molecule has 0 radical (unpaired) electrons. The van der Waals surface area contributed by atoms with E-state index in [2.05, 4.69) is 23.6 Å². The maximum atomic E-state index is 14.7. The summed E-state index contributed by atoms with van der Waals surface area (Å²) in [7, 11) is 2.04. The van der Waals surface area contributed by atoms with Gasteiger partial charge in [-0.2, -0.15) is 0 Å². The van der Waals surface area contributed by atoms with Crippen molar-refractivity contribution in [1.82, 2.24) is 0 Å². The highest BCUT2D eigenvalue weighted by molar-refractivity contribution is 6.08. The summed E-state index contributed by atoms with van der Waals surface area (Å²) >= 11 is 0. The maximum Gasteiger partial charge on any atom is 0.212 e. The molecule has 5 rings (SSSR count). The zero-order chi connectivity index (χ0) is 19.3. The molecule has 0 spiro atoms. The van der Waals surface area contributed by atoms with Crippen LogP contribution >= 0.6 is 0 Å². The molecular formula is C25H19FNO+. The fourth-order valence-corrected chi connectivity index (χ4v) is 3.86. The number of pyridine rings is 1. The molecule has 2 heterocycles. The highest BCUT2D eigenvalue weighted by Crippen LogP contribution is 2.37. The summed E-state index contributed by atoms with van der Waals surface area (Å²) < 4.78 is 22.8. The average molecular weight is 368 g/mol. The van der Waals surface area contributed by atoms with E-state index in [1.165, 1.54) is 6.07 Å². The zero-order valence-corrected chi connectivity index (χ0v) is 15.7. The van der Waals surface area contributed by atoms with Crippen LogP contribution in [0.2, 0.25) is 0 Å². The van der Waals surface area contributed by atoms with Crippen LogP contribution in [0.1, 0.15) is 5.56 Å². The lowest BCUT2D eigenvalue weighted by Gasteiger charge is -2.05. The van der Waals surface area contributed by atoms with Crippen LogP contribution in [-0.2, 0) is 7.05 Å². The van der Waals surface area contributed by atoms with Gasteiger partial charge in [-0.1, -0.05) is 30.3 Å². The van der Waals surface area contributed by atoms with E-state index < -0.39 is 0 Å². The second-order valence-electron chi connectivity index (χ2n) is 7.16. The smallest absolute Gasteiger partial charge is 0.212 e. The van der Waals surface area contributed by atoms with Gasteiger partial charge in [-0.05, 0) is 42.3 Å². The maximum absolute atomic E-state index is 14.7. The fourth-order valence-electron chi connectivity index (χ4n) is 3.86. The van der Waals surface area contributed by atoms with Gasteiger partial charge in [0.1, 0.15) is 24.0 Å². The summed E-state index contributed by atoms with van der Waals surface area (Å²) in [6, 6.07) is 23.4. The van der Waals surface area contributed by atoms with E-state index in [-0.39, 0.29) is 5.82 Å². The standard InChI is InChI=1S/C25H19FNO/c1-16-12-24-20(13-18(16)23-10-6-7-11-27(23)2)21-14-19(17-8-4-3-5-9-17)22(26)15-25(21)28-24/h3-15H,1-2H3/q+1. The van der Waals surface area contributed by atoms with Crippen LogP contribution in [0.25, 0.3) is 44.3 Å². The highest BCUT2D eigenvalue weighted by Gasteiger charge is 2.18. The van der Waals surface area contributed by atoms with Gasteiger partial charge in [0.15, 0.2) is 6.20 Å². The number of benzene rings is 3. The minimum Gasteiger partial charge on any atom is -0.456 e. The van der Waals surface area contributed by atoms with Crippen molar-refractivity contribution in [2.24, 2.45) is 7.05 Å². The summed E-state index contributed by atoms with van der Waals surface area (Å²) in [5.41, 5.74) is 6.18. The Morgan fingerprint density at radius 3 is 2.21 bits per heavy atom. The number of furan rings is 1. The molecule has 28 heavy (non-hydrogen) atoms. The first-order chi connectivity index (χ1) is 13.6.